The number of quaternary nitrogens is 1. The number of halogens is 1. The average Bonchev–Trinajstić information content (AvgIpc) is 3.38. The molecule has 0 aromatic carbocycles. The number of hydrogen-bond donors (Lipinski definition) is 1. The van der Waals surface area contributed by atoms with Gasteiger partial charge in [-0.1, -0.05) is 11.6 Å². The van der Waals surface area contributed by atoms with Gasteiger partial charge >= 0.3 is 0 Å². The van der Waals surface area contributed by atoms with Gasteiger partial charge < -0.3 is 24.9 Å². The molecule has 3 aromatic heterocycles. The molecule has 4 rings (SSSR count). The summed E-state index contributed by atoms with van der Waals surface area (Å²) in [5.41, 5.74) is 6.81. The first-order chi connectivity index (χ1) is 16.1. The molecule has 184 valence electrons. The number of aromatic nitrogens is 5. The molecule has 2 N–H and O–H groups in total. The van der Waals surface area contributed by atoms with Crippen molar-refractivity contribution in [2.75, 3.05) is 18.9 Å². The molecule has 0 radical (unpaired) electrons. The van der Waals surface area contributed by atoms with Crippen LogP contribution in [0.3, 0.4) is 0 Å². The summed E-state index contributed by atoms with van der Waals surface area (Å²) >= 11 is 6.34. The first-order valence-electron chi connectivity index (χ1n) is 11.5. The van der Waals surface area contributed by atoms with Crippen LogP contribution >= 0.6 is 11.6 Å². The Labute approximate surface area is 202 Å². The number of nitrogens with two attached hydrogens (primary N) is 1. The van der Waals surface area contributed by atoms with E-state index in [4.69, 9.17) is 26.7 Å². The molecule has 1 fully saturated rings. The third-order valence-corrected chi connectivity index (χ3v) is 7.16. The van der Waals surface area contributed by atoms with Gasteiger partial charge in [0.2, 0.25) is 0 Å². The molecule has 1 unspecified atom stereocenters. The van der Waals surface area contributed by atoms with Crippen LogP contribution in [0.25, 0.3) is 22.6 Å². The minimum Gasteiger partial charge on any atom is -0.498 e. The maximum Gasteiger partial charge on any atom is 0.258 e. The SMILES string of the molecule is CCn1c(-c2nonc2N)nc2c(Cl)ncc(OCC[C@@H]3CCCC[N+]3(C(=O)[O-])C(C)(C)C)c21. The third-order valence-electron chi connectivity index (χ3n) is 6.89. The number of piperidine rings is 1. The number of aryl methyl sites for hydroxylation is 1. The van der Waals surface area contributed by atoms with Gasteiger partial charge in [0.05, 0.1) is 30.9 Å². The van der Waals surface area contributed by atoms with Gasteiger partial charge in [0, 0.05) is 19.4 Å². The van der Waals surface area contributed by atoms with Crippen LogP contribution in [0.2, 0.25) is 5.15 Å². The summed E-state index contributed by atoms with van der Waals surface area (Å²) in [5.74, 6) is 1.06. The number of ether oxygens (including phenoxy) is 1. The fraction of sp³-hybridized carbons (Fsp3) is 0.591. The van der Waals surface area contributed by atoms with Crippen molar-refractivity contribution < 1.29 is 23.7 Å². The summed E-state index contributed by atoms with van der Waals surface area (Å²) in [6, 6.07) is -0.109. The normalized spacial score (nSPS) is 21.1. The number of carbonyl (C=O) groups excluding carboxylic acids is 1. The molecule has 1 amide bonds. The maximum atomic E-state index is 12.4. The van der Waals surface area contributed by atoms with Gasteiger partial charge in [0.25, 0.3) is 6.09 Å². The Kier molecular flexibility index (Phi) is 6.43. The Morgan fingerprint density at radius 2 is 2.15 bits per heavy atom. The van der Waals surface area contributed by atoms with Crippen molar-refractivity contribution in [1.29, 1.82) is 0 Å². The Bertz CT molecular complexity index is 1200. The molecule has 0 spiro atoms. The number of imidazole rings is 1. The molecule has 12 heteroatoms. The van der Waals surface area contributed by atoms with Crippen LogP contribution in [0.5, 0.6) is 5.75 Å². The zero-order chi connectivity index (χ0) is 24.7. The quantitative estimate of drug-likeness (QED) is 0.406. The van der Waals surface area contributed by atoms with E-state index in [1.165, 1.54) is 0 Å². The lowest BCUT2D eigenvalue weighted by molar-refractivity contribution is -0.946. The van der Waals surface area contributed by atoms with E-state index >= 15 is 0 Å². The van der Waals surface area contributed by atoms with E-state index in [-0.39, 0.29) is 21.5 Å². The second kappa shape index (κ2) is 9.03. The second-order valence-corrected chi connectivity index (χ2v) is 9.96. The minimum absolute atomic E-state index is 0.0693. The van der Waals surface area contributed by atoms with Crippen LogP contribution in [0.15, 0.2) is 10.8 Å². The van der Waals surface area contributed by atoms with Crippen LogP contribution in [0.1, 0.15) is 53.4 Å². The van der Waals surface area contributed by atoms with E-state index in [1.807, 2.05) is 32.3 Å². The number of rotatable bonds is 6. The maximum absolute atomic E-state index is 12.4. The number of pyridine rings is 1. The highest BCUT2D eigenvalue weighted by molar-refractivity contribution is 6.34. The van der Waals surface area contributed by atoms with Crippen molar-refractivity contribution in [3.05, 3.63) is 11.3 Å². The van der Waals surface area contributed by atoms with E-state index in [1.54, 1.807) is 6.20 Å². The van der Waals surface area contributed by atoms with Crippen molar-refractivity contribution in [2.45, 2.75) is 71.5 Å². The zero-order valence-electron chi connectivity index (χ0n) is 19.9. The van der Waals surface area contributed by atoms with E-state index in [0.717, 1.165) is 19.3 Å². The lowest BCUT2D eigenvalue weighted by Gasteiger charge is -2.55. The van der Waals surface area contributed by atoms with Crippen molar-refractivity contribution in [2.24, 2.45) is 0 Å². The molecule has 2 atom stereocenters. The predicted octanol–water partition coefficient (Wildman–Crippen LogP) is 3.02. The number of hydrogen-bond acceptors (Lipinski definition) is 9. The summed E-state index contributed by atoms with van der Waals surface area (Å²) in [6.07, 6.45) is 3.74. The lowest BCUT2D eigenvalue weighted by atomic mass is 9.88. The molecule has 1 aliphatic rings. The number of carboxylic acid groups (broad SMARTS) is 1. The van der Waals surface area contributed by atoms with Gasteiger partial charge in [0.1, 0.15) is 11.0 Å². The molecule has 3 aromatic rings. The standard InChI is InChI=1S/C22H30ClN7O4/c1-5-29-17-14(12-25-18(23)15(17)26-20(29)16-19(24)28-34-27-16)33-11-9-13-8-6-7-10-30(13,21(31)32)22(2,3)4/h12-13H,5-11H2,1-4H3,(H2-,24,28,31,32)/t13-,30?/m0/s1. The van der Waals surface area contributed by atoms with Gasteiger partial charge in [-0.25, -0.2) is 14.6 Å². The number of fused-ring (bicyclic) bond motifs is 1. The number of likely N-dealkylation sites (tertiary alicyclic amines) is 1. The molecule has 34 heavy (non-hydrogen) atoms. The lowest BCUT2D eigenvalue weighted by Crippen LogP contribution is -2.73. The monoisotopic (exact) mass is 491 g/mol. The van der Waals surface area contributed by atoms with Gasteiger partial charge in [0.15, 0.2) is 28.2 Å². The number of nitrogens with zero attached hydrogens (tertiary/aromatic N) is 6. The van der Waals surface area contributed by atoms with Gasteiger partial charge in [-0.05, 0) is 50.8 Å². The summed E-state index contributed by atoms with van der Waals surface area (Å²) < 4.78 is 12.7. The Morgan fingerprint density at radius 3 is 2.76 bits per heavy atom. The first kappa shape index (κ1) is 24.2. The van der Waals surface area contributed by atoms with E-state index in [0.29, 0.717) is 54.4 Å². The molecule has 11 nitrogen and oxygen atoms in total. The van der Waals surface area contributed by atoms with Crippen LogP contribution in [-0.2, 0) is 6.54 Å². The second-order valence-electron chi connectivity index (χ2n) is 9.60. The smallest absolute Gasteiger partial charge is 0.258 e. The third kappa shape index (κ3) is 3.86. The van der Waals surface area contributed by atoms with Crippen LogP contribution in [-0.4, -0.2) is 60.2 Å². The van der Waals surface area contributed by atoms with Crippen LogP contribution < -0.4 is 15.6 Å². The first-order valence-corrected chi connectivity index (χ1v) is 11.8. The van der Waals surface area contributed by atoms with Crippen molar-refractivity contribution >= 4 is 34.5 Å². The molecular formula is C22H30ClN7O4. The molecule has 1 aliphatic heterocycles. The van der Waals surface area contributed by atoms with Crippen molar-refractivity contribution in [1.82, 2.24) is 24.8 Å². The summed E-state index contributed by atoms with van der Waals surface area (Å²) in [7, 11) is 0. The number of nitrogen functional groups attached to an aromatic ring is 1. The summed E-state index contributed by atoms with van der Waals surface area (Å²) in [6.45, 7) is 9.23. The van der Waals surface area contributed by atoms with Crippen molar-refractivity contribution in [3.8, 4) is 17.3 Å². The molecule has 0 saturated carbocycles. The van der Waals surface area contributed by atoms with Gasteiger partial charge in [-0.2, -0.15) is 0 Å². The molecular weight excluding hydrogens is 462 g/mol. The van der Waals surface area contributed by atoms with E-state index < -0.39 is 11.6 Å². The Hall–Kier alpha value is -2.92. The largest absolute Gasteiger partial charge is 0.498 e. The molecule has 4 heterocycles. The van der Waals surface area contributed by atoms with E-state index in [9.17, 15) is 9.90 Å². The number of anilines is 1. The molecule has 1 saturated heterocycles. The highest BCUT2D eigenvalue weighted by atomic mass is 35.5. The van der Waals surface area contributed by atoms with Crippen LogP contribution in [0.4, 0.5) is 10.6 Å². The fourth-order valence-corrected chi connectivity index (χ4v) is 5.42. The van der Waals surface area contributed by atoms with Gasteiger partial charge in [-0.3, -0.25) is 4.48 Å². The zero-order valence-corrected chi connectivity index (χ0v) is 20.6. The summed E-state index contributed by atoms with van der Waals surface area (Å²) in [5, 5.41) is 20.1. The highest BCUT2D eigenvalue weighted by Gasteiger charge is 2.49. The molecule has 0 bridgehead atoms. The van der Waals surface area contributed by atoms with E-state index in [2.05, 4.69) is 20.3 Å². The summed E-state index contributed by atoms with van der Waals surface area (Å²) in [4.78, 5) is 21.2. The van der Waals surface area contributed by atoms with Crippen LogP contribution in [0, 0.1) is 0 Å². The minimum atomic E-state index is -1.03. The number of amides is 1. The topological polar surface area (TPSA) is 145 Å². The fourth-order valence-electron chi connectivity index (χ4n) is 5.24. The van der Waals surface area contributed by atoms with Gasteiger partial charge in [-0.15, -0.1) is 0 Å². The Balaban J connectivity index is 1.64. The predicted molar refractivity (Wildman–Crippen MR) is 124 cm³/mol. The Morgan fingerprint density at radius 1 is 1.38 bits per heavy atom. The van der Waals surface area contributed by atoms with Crippen molar-refractivity contribution in [3.63, 3.8) is 0 Å². The highest BCUT2D eigenvalue weighted by Crippen LogP contribution is 2.38. The average molecular weight is 492 g/mol. The number of carbonyl (C=O) groups is 1. The molecule has 0 aliphatic carbocycles.